The summed E-state index contributed by atoms with van der Waals surface area (Å²) in [6, 6.07) is 16.5. The summed E-state index contributed by atoms with van der Waals surface area (Å²) in [6.45, 7) is 2.29. The number of hydrogen-bond donors (Lipinski definition) is 1. The standard InChI is InChI=1S/C21H16N2O3S/c1-13-23-18(12-27-13)15-8-6-14(7-9-15)11-22-20(24)17-10-16-4-2-3-5-19(16)26-21(17)25/h2-10,12H,11H2,1H3,(H,22,24). The molecule has 6 heteroatoms. The van der Waals surface area contributed by atoms with Crippen molar-refractivity contribution in [1.82, 2.24) is 10.3 Å². The Morgan fingerprint density at radius 3 is 2.67 bits per heavy atom. The summed E-state index contributed by atoms with van der Waals surface area (Å²) >= 11 is 1.61. The first-order valence-electron chi connectivity index (χ1n) is 8.43. The lowest BCUT2D eigenvalue weighted by Crippen LogP contribution is -2.27. The highest BCUT2D eigenvalue weighted by atomic mass is 32.1. The Labute approximate surface area is 159 Å². The molecule has 0 aliphatic carbocycles. The molecule has 2 aromatic heterocycles. The maximum atomic E-state index is 12.4. The molecule has 134 valence electrons. The zero-order valence-corrected chi connectivity index (χ0v) is 15.4. The summed E-state index contributed by atoms with van der Waals surface area (Å²) < 4.78 is 5.21. The van der Waals surface area contributed by atoms with Gasteiger partial charge in [0.15, 0.2) is 0 Å². The van der Waals surface area contributed by atoms with E-state index in [-0.39, 0.29) is 5.56 Å². The Balaban J connectivity index is 1.48. The Morgan fingerprint density at radius 2 is 1.93 bits per heavy atom. The van der Waals surface area contributed by atoms with Crippen LogP contribution in [-0.4, -0.2) is 10.9 Å². The molecule has 2 aromatic carbocycles. The number of thiazole rings is 1. The molecule has 1 amide bonds. The van der Waals surface area contributed by atoms with E-state index in [1.165, 1.54) is 0 Å². The molecule has 0 aliphatic heterocycles. The molecule has 0 atom stereocenters. The number of benzene rings is 2. The van der Waals surface area contributed by atoms with Crippen LogP contribution in [0.1, 0.15) is 20.9 Å². The lowest BCUT2D eigenvalue weighted by Gasteiger charge is -2.06. The molecule has 2 heterocycles. The summed E-state index contributed by atoms with van der Waals surface area (Å²) in [7, 11) is 0. The van der Waals surface area contributed by atoms with Gasteiger partial charge in [-0.3, -0.25) is 4.79 Å². The largest absolute Gasteiger partial charge is 0.422 e. The fraction of sp³-hybridized carbons (Fsp3) is 0.0952. The number of aromatic nitrogens is 1. The van der Waals surface area contributed by atoms with Crippen LogP contribution in [0.4, 0.5) is 0 Å². The number of rotatable bonds is 4. The van der Waals surface area contributed by atoms with Gasteiger partial charge in [-0.1, -0.05) is 42.5 Å². The van der Waals surface area contributed by atoms with Gasteiger partial charge in [0.05, 0.1) is 10.7 Å². The van der Waals surface area contributed by atoms with Crippen LogP contribution >= 0.6 is 11.3 Å². The monoisotopic (exact) mass is 376 g/mol. The molecule has 0 bridgehead atoms. The minimum absolute atomic E-state index is 0.00303. The van der Waals surface area contributed by atoms with Crippen LogP contribution in [0.2, 0.25) is 0 Å². The average molecular weight is 376 g/mol. The second-order valence-corrected chi connectivity index (χ2v) is 7.18. The molecule has 4 rings (SSSR count). The van der Waals surface area contributed by atoms with E-state index < -0.39 is 11.5 Å². The first kappa shape index (κ1) is 17.2. The van der Waals surface area contributed by atoms with Crippen LogP contribution in [0, 0.1) is 6.92 Å². The normalized spacial score (nSPS) is 10.9. The fourth-order valence-electron chi connectivity index (χ4n) is 2.79. The van der Waals surface area contributed by atoms with Gasteiger partial charge in [-0.15, -0.1) is 11.3 Å². The zero-order valence-electron chi connectivity index (χ0n) is 14.6. The summed E-state index contributed by atoms with van der Waals surface area (Å²) in [6.07, 6.45) is 0. The van der Waals surface area contributed by atoms with Crippen molar-refractivity contribution >= 4 is 28.2 Å². The van der Waals surface area contributed by atoms with E-state index >= 15 is 0 Å². The minimum Gasteiger partial charge on any atom is -0.422 e. The van der Waals surface area contributed by atoms with Crippen molar-refractivity contribution < 1.29 is 9.21 Å². The Hall–Kier alpha value is -3.25. The highest BCUT2D eigenvalue weighted by Gasteiger charge is 2.13. The van der Waals surface area contributed by atoms with Crippen molar-refractivity contribution in [1.29, 1.82) is 0 Å². The molecule has 5 nitrogen and oxygen atoms in total. The Kier molecular flexibility index (Phi) is 4.56. The summed E-state index contributed by atoms with van der Waals surface area (Å²) in [5.41, 5.74) is 2.74. The Morgan fingerprint density at radius 1 is 1.15 bits per heavy atom. The second-order valence-electron chi connectivity index (χ2n) is 6.12. The third kappa shape index (κ3) is 3.66. The summed E-state index contributed by atoms with van der Waals surface area (Å²) in [4.78, 5) is 28.9. The van der Waals surface area contributed by atoms with E-state index in [0.29, 0.717) is 17.5 Å². The average Bonchev–Trinajstić information content (AvgIpc) is 3.12. The topological polar surface area (TPSA) is 72.2 Å². The van der Waals surface area contributed by atoms with Crippen LogP contribution in [0.25, 0.3) is 22.2 Å². The number of nitrogens with one attached hydrogen (secondary N) is 1. The quantitative estimate of drug-likeness (QED) is 0.543. The van der Waals surface area contributed by atoms with Gasteiger partial charge in [-0.05, 0) is 24.6 Å². The number of nitrogens with zero attached hydrogens (tertiary/aromatic N) is 1. The van der Waals surface area contributed by atoms with Gasteiger partial charge in [-0.25, -0.2) is 9.78 Å². The molecule has 4 aromatic rings. The van der Waals surface area contributed by atoms with Crippen molar-refractivity contribution in [3.05, 3.63) is 86.5 Å². The SMILES string of the molecule is Cc1nc(-c2ccc(CNC(=O)c3cc4ccccc4oc3=O)cc2)cs1. The van der Waals surface area contributed by atoms with E-state index in [1.54, 1.807) is 35.6 Å². The van der Waals surface area contributed by atoms with Gasteiger partial charge in [-0.2, -0.15) is 0 Å². The lowest BCUT2D eigenvalue weighted by atomic mass is 10.1. The summed E-state index contributed by atoms with van der Waals surface area (Å²) in [5.74, 6) is -0.450. The molecule has 0 fully saturated rings. The molecular weight excluding hydrogens is 360 g/mol. The molecule has 0 saturated carbocycles. The molecule has 0 spiro atoms. The lowest BCUT2D eigenvalue weighted by molar-refractivity contribution is 0.0947. The maximum Gasteiger partial charge on any atom is 0.349 e. The first-order valence-corrected chi connectivity index (χ1v) is 9.31. The number of fused-ring (bicyclic) bond motifs is 1. The van der Waals surface area contributed by atoms with E-state index in [0.717, 1.165) is 21.8 Å². The predicted molar refractivity (Wildman–Crippen MR) is 106 cm³/mol. The Bertz CT molecular complexity index is 1180. The van der Waals surface area contributed by atoms with Crippen molar-refractivity contribution in [2.24, 2.45) is 0 Å². The van der Waals surface area contributed by atoms with E-state index in [9.17, 15) is 9.59 Å². The van der Waals surface area contributed by atoms with Crippen molar-refractivity contribution in [3.8, 4) is 11.3 Å². The molecule has 0 unspecified atom stereocenters. The van der Waals surface area contributed by atoms with Crippen LogP contribution in [0.3, 0.4) is 0 Å². The molecular formula is C21H16N2O3S. The number of amides is 1. The van der Waals surface area contributed by atoms with E-state index in [2.05, 4.69) is 10.3 Å². The number of para-hydroxylation sites is 1. The van der Waals surface area contributed by atoms with E-state index in [4.69, 9.17) is 4.42 Å². The van der Waals surface area contributed by atoms with Crippen LogP contribution in [-0.2, 0) is 6.54 Å². The van der Waals surface area contributed by atoms with Crippen molar-refractivity contribution in [2.45, 2.75) is 13.5 Å². The highest BCUT2D eigenvalue weighted by Crippen LogP contribution is 2.21. The van der Waals surface area contributed by atoms with Gasteiger partial charge in [0.1, 0.15) is 11.1 Å². The third-order valence-corrected chi connectivity index (χ3v) is 4.98. The molecule has 0 radical (unpaired) electrons. The van der Waals surface area contributed by atoms with Crippen molar-refractivity contribution in [2.75, 3.05) is 0 Å². The van der Waals surface area contributed by atoms with Gasteiger partial charge in [0.25, 0.3) is 5.91 Å². The number of carbonyl (C=O) groups is 1. The van der Waals surface area contributed by atoms with Gasteiger partial charge in [0, 0.05) is 22.9 Å². The van der Waals surface area contributed by atoms with Gasteiger partial charge >= 0.3 is 5.63 Å². The second kappa shape index (κ2) is 7.17. The first-order chi connectivity index (χ1) is 13.1. The van der Waals surface area contributed by atoms with Crippen LogP contribution < -0.4 is 10.9 Å². The number of carbonyl (C=O) groups excluding carboxylic acids is 1. The zero-order chi connectivity index (χ0) is 18.8. The van der Waals surface area contributed by atoms with Crippen molar-refractivity contribution in [3.63, 3.8) is 0 Å². The van der Waals surface area contributed by atoms with Crippen LogP contribution in [0.15, 0.2) is 69.2 Å². The minimum atomic E-state index is -0.638. The number of hydrogen-bond acceptors (Lipinski definition) is 5. The summed E-state index contributed by atoms with van der Waals surface area (Å²) in [5, 5.41) is 6.53. The van der Waals surface area contributed by atoms with Crippen LogP contribution in [0.5, 0.6) is 0 Å². The number of aryl methyl sites for hydroxylation is 1. The molecule has 1 N–H and O–H groups in total. The smallest absolute Gasteiger partial charge is 0.349 e. The fourth-order valence-corrected chi connectivity index (χ4v) is 3.41. The molecule has 27 heavy (non-hydrogen) atoms. The maximum absolute atomic E-state index is 12.4. The molecule has 0 saturated heterocycles. The van der Waals surface area contributed by atoms with Gasteiger partial charge < -0.3 is 9.73 Å². The highest BCUT2D eigenvalue weighted by molar-refractivity contribution is 7.09. The molecule has 0 aliphatic rings. The third-order valence-electron chi connectivity index (χ3n) is 4.21. The van der Waals surface area contributed by atoms with E-state index in [1.807, 2.05) is 42.6 Å². The van der Waals surface area contributed by atoms with Gasteiger partial charge in [0.2, 0.25) is 0 Å². The predicted octanol–water partition coefficient (Wildman–Crippen LogP) is 4.15.